The molecule has 20 heavy (non-hydrogen) atoms. The van der Waals surface area contributed by atoms with Crippen molar-refractivity contribution in [1.29, 1.82) is 0 Å². The van der Waals surface area contributed by atoms with Gasteiger partial charge >= 0.3 is 5.97 Å². The fourth-order valence-electron chi connectivity index (χ4n) is 2.35. The zero-order valence-electron chi connectivity index (χ0n) is 11.0. The van der Waals surface area contributed by atoms with E-state index in [1.807, 2.05) is 24.4 Å². The first kappa shape index (κ1) is 12.3. The average Bonchev–Trinajstić information content (AvgIpc) is 3.03. The van der Waals surface area contributed by atoms with Gasteiger partial charge in [0.25, 0.3) is 0 Å². The lowest BCUT2D eigenvalue weighted by Crippen LogP contribution is -1.99. The van der Waals surface area contributed by atoms with Crippen molar-refractivity contribution in [2.45, 2.75) is 0 Å². The lowest BCUT2D eigenvalue weighted by Gasteiger charge is -2.09. The van der Waals surface area contributed by atoms with Crippen LogP contribution in [0.4, 0.5) is 0 Å². The maximum absolute atomic E-state index is 11.0. The van der Waals surface area contributed by atoms with Crippen LogP contribution in [0.1, 0.15) is 10.5 Å². The molecule has 3 aromatic rings. The molecule has 0 aliphatic heterocycles. The molecule has 0 bridgehead atoms. The molecule has 0 saturated carbocycles. The van der Waals surface area contributed by atoms with Gasteiger partial charge in [0, 0.05) is 29.7 Å². The summed E-state index contributed by atoms with van der Waals surface area (Å²) in [5.41, 5.74) is 2.48. The van der Waals surface area contributed by atoms with Gasteiger partial charge in [0.05, 0.1) is 12.8 Å². The Morgan fingerprint density at radius 1 is 1.40 bits per heavy atom. The van der Waals surface area contributed by atoms with Crippen LogP contribution in [0.15, 0.2) is 30.5 Å². The lowest BCUT2D eigenvalue weighted by molar-refractivity contribution is 0.0689. The van der Waals surface area contributed by atoms with Gasteiger partial charge in [-0.2, -0.15) is 5.10 Å². The first-order chi connectivity index (χ1) is 9.61. The van der Waals surface area contributed by atoms with Crippen LogP contribution >= 0.6 is 0 Å². The van der Waals surface area contributed by atoms with Gasteiger partial charge in [-0.1, -0.05) is 0 Å². The predicted octanol–water partition coefficient (Wildman–Crippen LogP) is 2.28. The van der Waals surface area contributed by atoms with E-state index in [-0.39, 0.29) is 5.69 Å². The molecule has 102 valence electrons. The number of carbonyl (C=O) groups is 1. The first-order valence-electron chi connectivity index (χ1n) is 6.03. The Kier molecular flexibility index (Phi) is 2.71. The maximum Gasteiger partial charge on any atom is 0.356 e. The SMILES string of the molecule is COc1c(-c2cc(C(=O)O)nn2C)ccc2[nH]ccc12. The van der Waals surface area contributed by atoms with Gasteiger partial charge in [-0.05, 0) is 24.3 Å². The zero-order chi connectivity index (χ0) is 14.3. The third-order valence-corrected chi connectivity index (χ3v) is 3.26. The van der Waals surface area contributed by atoms with E-state index in [2.05, 4.69) is 10.1 Å². The topological polar surface area (TPSA) is 80.1 Å². The highest BCUT2D eigenvalue weighted by molar-refractivity contribution is 5.94. The number of methoxy groups -OCH3 is 1. The number of nitrogens with zero attached hydrogens (tertiary/aromatic N) is 2. The van der Waals surface area contributed by atoms with Gasteiger partial charge in [-0.15, -0.1) is 0 Å². The van der Waals surface area contributed by atoms with Gasteiger partial charge in [0.1, 0.15) is 5.75 Å². The fraction of sp³-hybridized carbons (Fsp3) is 0.143. The van der Waals surface area contributed by atoms with Crippen molar-refractivity contribution < 1.29 is 14.6 Å². The lowest BCUT2D eigenvalue weighted by atomic mass is 10.1. The molecule has 6 heteroatoms. The molecular weight excluding hydrogens is 258 g/mol. The smallest absolute Gasteiger partial charge is 0.356 e. The Morgan fingerprint density at radius 2 is 2.20 bits per heavy atom. The van der Waals surface area contributed by atoms with Crippen molar-refractivity contribution >= 4 is 16.9 Å². The number of rotatable bonds is 3. The standard InChI is InChI=1S/C14H13N3O3/c1-17-12(7-11(16-17)14(18)19)9-3-4-10-8(5-6-15-10)13(9)20-2/h3-7,15H,1-2H3,(H,18,19). The van der Waals surface area contributed by atoms with E-state index in [9.17, 15) is 4.79 Å². The summed E-state index contributed by atoms with van der Waals surface area (Å²) in [5, 5.41) is 14.0. The number of aromatic carboxylic acids is 1. The zero-order valence-corrected chi connectivity index (χ0v) is 11.0. The molecule has 0 saturated heterocycles. The number of aryl methyl sites for hydroxylation is 1. The molecule has 3 rings (SSSR count). The Bertz CT molecular complexity index is 801. The Labute approximate surface area is 114 Å². The molecule has 0 aliphatic carbocycles. The van der Waals surface area contributed by atoms with E-state index >= 15 is 0 Å². The maximum atomic E-state index is 11.0. The molecule has 0 fully saturated rings. The fourth-order valence-corrected chi connectivity index (χ4v) is 2.35. The second kappa shape index (κ2) is 4.41. The van der Waals surface area contributed by atoms with Crippen molar-refractivity contribution in [1.82, 2.24) is 14.8 Å². The van der Waals surface area contributed by atoms with Crippen molar-refractivity contribution in [3.63, 3.8) is 0 Å². The van der Waals surface area contributed by atoms with Gasteiger partial charge < -0.3 is 14.8 Å². The van der Waals surface area contributed by atoms with E-state index < -0.39 is 5.97 Å². The van der Waals surface area contributed by atoms with Crippen LogP contribution in [0.5, 0.6) is 5.75 Å². The number of aromatic nitrogens is 3. The highest BCUT2D eigenvalue weighted by atomic mass is 16.5. The molecule has 2 aromatic heterocycles. The van der Waals surface area contributed by atoms with Crippen LogP contribution in [0.25, 0.3) is 22.2 Å². The molecule has 0 aliphatic rings. The van der Waals surface area contributed by atoms with Crippen LogP contribution in [0.2, 0.25) is 0 Å². The summed E-state index contributed by atoms with van der Waals surface area (Å²) < 4.78 is 7.03. The second-order valence-electron chi connectivity index (χ2n) is 4.43. The van der Waals surface area contributed by atoms with Crippen LogP contribution in [-0.4, -0.2) is 33.0 Å². The number of benzene rings is 1. The highest BCUT2D eigenvalue weighted by Crippen LogP contribution is 2.36. The van der Waals surface area contributed by atoms with Crippen molar-refractivity contribution in [3.8, 4) is 17.0 Å². The Morgan fingerprint density at radius 3 is 2.85 bits per heavy atom. The van der Waals surface area contributed by atoms with Gasteiger partial charge in [0.2, 0.25) is 0 Å². The van der Waals surface area contributed by atoms with E-state index in [4.69, 9.17) is 9.84 Å². The average molecular weight is 271 g/mol. The first-order valence-corrected chi connectivity index (χ1v) is 6.03. The third-order valence-electron chi connectivity index (χ3n) is 3.26. The number of aromatic amines is 1. The summed E-state index contributed by atoms with van der Waals surface area (Å²) in [5.74, 6) is -0.350. The largest absolute Gasteiger partial charge is 0.495 e. The number of carboxylic acids is 1. The Hall–Kier alpha value is -2.76. The Balaban J connectivity index is 2.26. The number of nitrogens with one attached hydrogen (secondary N) is 1. The van der Waals surface area contributed by atoms with Crippen molar-refractivity contribution in [2.24, 2.45) is 7.05 Å². The number of hydrogen-bond donors (Lipinski definition) is 2. The minimum atomic E-state index is -1.05. The van der Waals surface area contributed by atoms with Crippen LogP contribution in [-0.2, 0) is 7.05 Å². The van der Waals surface area contributed by atoms with Crippen molar-refractivity contribution in [2.75, 3.05) is 7.11 Å². The van der Waals surface area contributed by atoms with Crippen LogP contribution in [0.3, 0.4) is 0 Å². The summed E-state index contributed by atoms with van der Waals surface area (Å²) in [4.78, 5) is 14.1. The molecule has 0 unspecified atom stereocenters. The molecule has 6 nitrogen and oxygen atoms in total. The highest BCUT2D eigenvalue weighted by Gasteiger charge is 2.17. The number of carboxylic acid groups (broad SMARTS) is 1. The molecule has 2 heterocycles. The number of H-pyrrole nitrogens is 1. The van der Waals surface area contributed by atoms with E-state index in [0.717, 1.165) is 16.5 Å². The van der Waals surface area contributed by atoms with Gasteiger partial charge in [-0.25, -0.2) is 4.79 Å². The van der Waals surface area contributed by atoms with Gasteiger partial charge in [-0.3, -0.25) is 4.68 Å². The predicted molar refractivity (Wildman–Crippen MR) is 74.0 cm³/mol. The van der Waals surface area contributed by atoms with Crippen molar-refractivity contribution in [3.05, 3.63) is 36.2 Å². The number of hydrogen-bond acceptors (Lipinski definition) is 3. The molecule has 2 N–H and O–H groups in total. The number of fused-ring (bicyclic) bond motifs is 1. The minimum absolute atomic E-state index is 0.0127. The van der Waals surface area contributed by atoms with Crippen LogP contribution in [0, 0.1) is 0 Å². The monoisotopic (exact) mass is 271 g/mol. The summed E-state index contributed by atoms with van der Waals surface area (Å²) >= 11 is 0. The summed E-state index contributed by atoms with van der Waals surface area (Å²) in [6, 6.07) is 7.28. The van der Waals surface area contributed by atoms with E-state index in [0.29, 0.717) is 11.4 Å². The molecule has 0 radical (unpaired) electrons. The quantitative estimate of drug-likeness (QED) is 0.765. The second-order valence-corrected chi connectivity index (χ2v) is 4.43. The third kappa shape index (κ3) is 1.73. The normalized spacial score (nSPS) is 10.9. The van der Waals surface area contributed by atoms with E-state index in [1.54, 1.807) is 24.9 Å². The molecule has 0 spiro atoms. The number of ether oxygens (including phenoxy) is 1. The van der Waals surface area contributed by atoms with Crippen LogP contribution < -0.4 is 4.74 Å². The molecule has 1 aromatic carbocycles. The molecule has 0 amide bonds. The van der Waals surface area contributed by atoms with E-state index in [1.165, 1.54) is 0 Å². The molecular formula is C14H13N3O3. The molecule has 0 atom stereocenters. The summed E-state index contributed by atoms with van der Waals surface area (Å²) in [6.07, 6.45) is 1.84. The van der Waals surface area contributed by atoms with Gasteiger partial charge in [0.15, 0.2) is 5.69 Å². The summed E-state index contributed by atoms with van der Waals surface area (Å²) in [6.45, 7) is 0. The minimum Gasteiger partial charge on any atom is -0.495 e. The summed E-state index contributed by atoms with van der Waals surface area (Å²) in [7, 11) is 3.31.